The molecule has 2 fully saturated rings. The first-order chi connectivity index (χ1) is 15.4. The number of benzene rings is 2. The van der Waals surface area contributed by atoms with Crippen LogP contribution in [0.15, 0.2) is 42.5 Å². The van der Waals surface area contributed by atoms with Crippen LogP contribution in [-0.4, -0.2) is 66.9 Å². The third-order valence-corrected chi connectivity index (χ3v) is 5.98. The number of nitrogens with zero attached hydrogens (tertiary/aromatic N) is 3. The van der Waals surface area contributed by atoms with Gasteiger partial charge in [0.2, 0.25) is 5.91 Å². The first-order valence-electron chi connectivity index (χ1n) is 10.5. The summed E-state index contributed by atoms with van der Waals surface area (Å²) in [7, 11) is 0. The lowest BCUT2D eigenvalue weighted by atomic mass is 10.1. The average Bonchev–Trinajstić information content (AvgIpc) is 3.23. The molecule has 0 bridgehead atoms. The van der Waals surface area contributed by atoms with Crippen LogP contribution < -0.4 is 9.64 Å². The highest BCUT2D eigenvalue weighted by Crippen LogP contribution is 2.24. The highest BCUT2D eigenvalue weighted by molar-refractivity contribution is 6.33. The molecule has 0 unspecified atom stereocenters. The molecule has 0 aromatic heterocycles. The average molecular weight is 460 g/mol. The Balaban J connectivity index is 1.25. The van der Waals surface area contributed by atoms with Gasteiger partial charge in [-0.25, -0.2) is 4.39 Å². The largest absolute Gasteiger partial charge is 0.484 e. The first-order valence-corrected chi connectivity index (χ1v) is 10.9. The molecule has 0 spiro atoms. The van der Waals surface area contributed by atoms with Crippen LogP contribution in [0.1, 0.15) is 23.2 Å². The number of hydrogen-bond acceptors (Lipinski definition) is 4. The van der Waals surface area contributed by atoms with Gasteiger partial charge in [-0.2, -0.15) is 0 Å². The van der Waals surface area contributed by atoms with E-state index >= 15 is 0 Å². The molecule has 0 saturated carbocycles. The molecule has 3 amide bonds. The van der Waals surface area contributed by atoms with Crippen LogP contribution in [-0.2, 0) is 9.59 Å². The number of anilines is 1. The number of piperazine rings is 1. The van der Waals surface area contributed by atoms with Crippen LogP contribution >= 0.6 is 11.6 Å². The number of hydrogen-bond donors (Lipinski definition) is 0. The molecule has 168 valence electrons. The minimum Gasteiger partial charge on any atom is -0.484 e. The Kier molecular flexibility index (Phi) is 6.60. The molecular weight excluding hydrogens is 437 g/mol. The van der Waals surface area contributed by atoms with E-state index in [1.165, 1.54) is 12.1 Å². The number of amides is 3. The van der Waals surface area contributed by atoms with Crippen LogP contribution in [0.4, 0.5) is 10.1 Å². The third-order valence-electron chi connectivity index (χ3n) is 5.67. The molecule has 2 aromatic carbocycles. The second-order valence-electron chi connectivity index (χ2n) is 7.73. The zero-order valence-electron chi connectivity index (χ0n) is 17.4. The van der Waals surface area contributed by atoms with E-state index in [2.05, 4.69) is 0 Å². The Hall–Kier alpha value is -3.13. The van der Waals surface area contributed by atoms with Gasteiger partial charge in [0.1, 0.15) is 11.6 Å². The predicted molar refractivity (Wildman–Crippen MR) is 117 cm³/mol. The van der Waals surface area contributed by atoms with E-state index in [0.717, 1.165) is 24.7 Å². The van der Waals surface area contributed by atoms with E-state index in [0.29, 0.717) is 38.3 Å². The molecule has 2 aliphatic heterocycles. The molecule has 7 nitrogen and oxygen atoms in total. The number of carbonyl (C=O) groups is 3. The van der Waals surface area contributed by atoms with Gasteiger partial charge in [-0.3, -0.25) is 14.4 Å². The van der Waals surface area contributed by atoms with E-state index in [9.17, 15) is 18.8 Å². The monoisotopic (exact) mass is 459 g/mol. The summed E-state index contributed by atoms with van der Waals surface area (Å²) in [5.41, 5.74) is 1.07. The standard InChI is InChI=1S/C23H23ClFN3O4/c24-20-14-16(25)3-8-19(20)23(31)27-12-10-26(11-13-27)22(30)15-32-18-6-4-17(5-7-18)28-9-1-2-21(28)29/h3-8,14H,1-2,9-13,15H2. The van der Waals surface area contributed by atoms with Crippen molar-refractivity contribution in [2.24, 2.45) is 0 Å². The van der Waals surface area contributed by atoms with Crippen molar-refractivity contribution in [3.8, 4) is 5.75 Å². The van der Waals surface area contributed by atoms with Crippen molar-refractivity contribution < 1.29 is 23.5 Å². The molecule has 0 aliphatic carbocycles. The maximum absolute atomic E-state index is 13.2. The normalized spacial score (nSPS) is 16.4. The van der Waals surface area contributed by atoms with Crippen molar-refractivity contribution in [1.29, 1.82) is 0 Å². The lowest BCUT2D eigenvalue weighted by Crippen LogP contribution is -2.51. The Morgan fingerprint density at radius 3 is 2.28 bits per heavy atom. The van der Waals surface area contributed by atoms with Crippen molar-refractivity contribution >= 4 is 35.0 Å². The van der Waals surface area contributed by atoms with Crippen LogP contribution in [0.5, 0.6) is 5.75 Å². The van der Waals surface area contributed by atoms with Gasteiger partial charge in [-0.05, 0) is 48.9 Å². The summed E-state index contributed by atoms with van der Waals surface area (Å²) in [5.74, 6) is -0.284. The number of rotatable bonds is 5. The summed E-state index contributed by atoms with van der Waals surface area (Å²) >= 11 is 5.99. The minimum atomic E-state index is -0.499. The lowest BCUT2D eigenvalue weighted by Gasteiger charge is -2.34. The predicted octanol–water partition coefficient (Wildman–Crippen LogP) is 2.97. The van der Waals surface area contributed by atoms with Crippen molar-refractivity contribution in [3.63, 3.8) is 0 Å². The first kappa shape index (κ1) is 22.1. The summed E-state index contributed by atoms with van der Waals surface area (Å²) < 4.78 is 18.8. The number of carbonyl (C=O) groups excluding carboxylic acids is 3. The van der Waals surface area contributed by atoms with Crippen LogP contribution in [0.25, 0.3) is 0 Å². The molecular formula is C23H23ClFN3O4. The second-order valence-corrected chi connectivity index (χ2v) is 8.14. The van der Waals surface area contributed by atoms with E-state index in [1.807, 2.05) is 12.1 Å². The van der Waals surface area contributed by atoms with Crippen LogP contribution in [0.2, 0.25) is 5.02 Å². The van der Waals surface area contributed by atoms with Gasteiger partial charge in [-0.15, -0.1) is 0 Å². The molecule has 0 radical (unpaired) electrons. The topological polar surface area (TPSA) is 70.2 Å². The van der Waals surface area contributed by atoms with Crippen molar-refractivity contribution in [2.45, 2.75) is 12.8 Å². The highest BCUT2D eigenvalue weighted by atomic mass is 35.5. The van der Waals surface area contributed by atoms with E-state index in [1.54, 1.807) is 26.8 Å². The summed E-state index contributed by atoms with van der Waals surface area (Å²) in [4.78, 5) is 42.0. The fourth-order valence-corrected chi connectivity index (χ4v) is 4.12. The van der Waals surface area contributed by atoms with Crippen LogP contribution in [0, 0.1) is 5.82 Å². The van der Waals surface area contributed by atoms with Gasteiger partial charge in [0.05, 0.1) is 10.6 Å². The zero-order chi connectivity index (χ0) is 22.7. The van der Waals surface area contributed by atoms with Gasteiger partial charge in [-0.1, -0.05) is 11.6 Å². The molecule has 2 saturated heterocycles. The molecule has 32 heavy (non-hydrogen) atoms. The molecule has 9 heteroatoms. The molecule has 0 atom stereocenters. The quantitative estimate of drug-likeness (QED) is 0.689. The third kappa shape index (κ3) is 4.85. The highest BCUT2D eigenvalue weighted by Gasteiger charge is 2.26. The molecule has 2 aromatic rings. The van der Waals surface area contributed by atoms with Gasteiger partial charge < -0.3 is 19.4 Å². The maximum Gasteiger partial charge on any atom is 0.260 e. The molecule has 2 heterocycles. The van der Waals surface area contributed by atoms with Gasteiger partial charge in [0, 0.05) is 44.8 Å². The summed E-state index contributed by atoms with van der Waals surface area (Å²) in [6.45, 7) is 2.08. The Bertz CT molecular complexity index is 1020. The van der Waals surface area contributed by atoms with Gasteiger partial charge in [0.15, 0.2) is 6.61 Å². The number of halogens is 2. The van der Waals surface area contributed by atoms with E-state index in [-0.39, 0.29) is 34.9 Å². The Morgan fingerprint density at radius 1 is 0.969 bits per heavy atom. The molecule has 0 N–H and O–H groups in total. The smallest absolute Gasteiger partial charge is 0.260 e. The Morgan fingerprint density at radius 2 is 1.66 bits per heavy atom. The second kappa shape index (κ2) is 9.56. The van der Waals surface area contributed by atoms with E-state index < -0.39 is 5.82 Å². The fourth-order valence-electron chi connectivity index (χ4n) is 3.87. The van der Waals surface area contributed by atoms with Crippen molar-refractivity contribution in [3.05, 3.63) is 58.9 Å². The minimum absolute atomic E-state index is 0.0713. The summed E-state index contributed by atoms with van der Waals surface area (Å²) in [6.07, 6.45) is 1.43. The summed E-state index contributed by atoms with van der Waals surface area (Å²) in [6, 6.07) is 10.8. The van der Waals surface area contributed by atoms with Crippen LogP contribution in [0.3, 0.4) is 0 Å². The van der Waals surface area contributed by atoms with Gasteiger partial charge in [0.25, 0.3) is 11.8 Å². The maximum atomic E-state index is 13.2. The van der Waals surface area contributed by atoms with E-state index in [4.69, 9.17) is 16.3 Å². The van der Waals surface area contributed by atoms with Crippen molar-refractivity contribution in [2.75, 3.05) is 44.2 Å². The zero-order valence-corrected chi connectivity index (χ0v) is 18.2. The SMILES string of the molecule is O=C(COc1ccc(N2CCCC2=O)cc1)N1CCN(C(=O)c2ccc(F)cc2Cl)CC1. The van der Waals surface area contributed by atoms with Gasteiger partial charge >= 0.3 is 0 Å². The summed E-state index contributed by atoms with van der Waals surface area (Å²) in [5, 5.41) is 0.0713. The lowest BCUT2D eigenvalue weighted by molar-refractivity contribution is -0.134. The molecule has 4 rings (SSSR count). The molecule has 2 aliphatic rings. The Labute approximate surface area is 190 Å². The van der Waals surface area contributed by atoms with Crippen molar-refractivity contribution in [1.82, 2.24) is 9.80 Å². The fraction of sp³-hybridized carbons (Fsp3) is 0.348. The number of ether oxygens (including phenoxy) is 1.